The summed E-state index contributed by atoms with van der Waals surface area (Å²) in [5.74, 6) is 0.878. The van der Waals surface area contributed by atoms with Crippen molar-refractivity contribution in [1.82, 2.24) is 14.8 Å². The number of aromatic nitrogens is 1. The van der Waals surface area contributed by atoms with Crippen LogP contribution in [-0.4, -0.2) is 62.1 Å². The molecule has 0 aromatic carbocycles. The van der Waals surface area contributed by atoms with Crippen LogP contribution in [-0.2, 0) is 0 Å². The first kappa shape index (κ1) is 20.4. The molecule has 142 valence electrons. The number of likely N-dealkylation sites (tertiary alicyclic amines) is 1. The lowest BCUT2D eigenvalue weighted by Gasteiger charge is -2.26. The molecule has 1 N–H and O–H groups in total. The smallest absolute Gasteiger partial charge is 0.125 e. The maximum Gasteiger partial charge on any atom is 0.125 e. The molecule has 1 aromatic heterocycles. The predicted octanol–water partition coefficient (Wildman–Crippen LogP) is 4.06. The van der Waals surface area contributed by atoms with Gasteiger partial charge in [-0.25, -0.2) is 4.98 Å². The summed E-state index contributed by atoms with van der Waals surface area (Å²) in [6, 6.07) is 4.12. The van der Waals surface area contributed by atoms with Gasteiger partial charge in [0.2, 0.25) is 0 Å². The fraction of sp³-hybridized carbons (Fsp3) is 0.500. The molecule has 1 saturated heterocycles. The van der Waals surface area contributed by atoms with Crippen molar-refractivity contribution in [2.75, 3.05) is 52.6 Å². The van der Waals surface area contributed by atoms with Crippen molar-refractivity contribution in [2.45, 2.75) is 26.2 Å². The predicted molar refractivity (Wildman–Crippen MR) is 114 cm³/mol. The van der Waals surface area contributed by atoms with E-state index in [0.29, 0.717) is 0 Å². The van der Waals surface area contributed by atoms with Crippen LogP contribution >= 0.6 is 0 Å². The van der Waals surface area contributed by atoms with Crippen molar-refractivity contribution in [3.05, 3.63) is 53.8 Å². The Morgan fingerprint density at radius 3 is 2.58 bits per heavy atom. The largest absolute Gasteiger partial charge is 0.373 e. The topological polar surface area (TPSA) is 31.4 Å². The summed E-state index contributed by atoms with van der Waals surface area (Å²) in [7, 11) is 6.05. The number of rotatable bonds is 8. The molecular weight excluding hydrogens is 320 g/mol. The highest BCUT2D eigenvalue weighted by atomic mass is 15.1. The Morgan fingerprint density at radius 2 is 2.00 bits per heavy atom. The van der Waals surface area contributed by atoms with Crippen LogP contribution < -0.4 is 5.32 Å². The van der Waals surface area contributed by atoms with Gasteiger partial charge >= 0.3 is 0 Å². The Balaban J connectivity index is 2.15. The molecule has 0 unspecified atom stereocenters. The van der Waals surface area contributed by atoms with Crippen LogP contribution in [0.15, 0.2) is 48.2 Å². The summed E-state index contributed by atoms with van der Waals surface area (Å²) in [6.45, 7) is 10.9. The van der Waals surface area contributed by atoms with Gasteiger partial charge in [-0.05, 0) is 70.2 Å². The minimum absolute atomic E-state index is 0.876. The molecule has 26 heavy (non-hydrogen) atoms. The third-order valence-electron chi connectivity index (χ3n) is 4.68. The lowest BCUT2D eigenvalue weighted by atomic mass is 9.97. The van der Waals surface area contributed by atoms with E-state index in [1.165, 1.54) is 37.9 Å². The van der Waals surface area contributed by atoms with E-state index >= 15 is 0 Å². The fourth-order valence-corrected chi connectivity index (χ4v) is 3.30. The molecule has 0 aliphatic carbocycles. The van der Waals surface area contributed by atoms with Crippen molar-refractivity contribution in [2.24, 2.45) is 0 Å². The van der Waals surface area contributed by atoms with Gasteiger partial charge < -0.3 is 10.2 Å². The SMILES string of the molecule is C=C(/C=C(\C)CN1CCCCC1)/C(=C\CN(C)C)c1ccc(NC)nc1. The van der Waals surface area contributed by atoms with Crippen LogP contribution in [0.5, 0.6) is 0 Å². The zero-order chi connectivity index (χ0) is 18.9. The van der Waals surface area contributed by atoms with E-state index in [-0.39, 0.29) is 0 Å². The zero-order valence-corrected chi connectivity index (χ0v) is 16.9. The fourth-order valence-electron chi connectivity index (χ4n) is 3.30. The molecule has 4 nitrogen and oxygen atoms in total. The Kier molecular flexibility index (Phi) is 8.07. The second kappa shape index (κ2) is 10.3. The summed E-state index contributed by atoms with van der Waals surface area (Å²) in [5.41, 5.74) is 4.69. The number of piperidine rings is 1. The van der Waals surface area contributed by atoms with E-state index < -0.39 is 0 Å². The highest BCUT2D eigenvalue weighted by Gasteiger charge is 2.11. The van der Waals surface area contributed by atoms with Gasteiger partial charge in [-0.15, -0.1) is 0 Å². The molecule has 1 aliphatic rings. The molecule has 0 saturated carbocycles. The van der Waals surface area contributed by atoms with E-state index in [1.54, 1.807) is 0 Å². The third-order valence-corrected chi connectivity index (χ3v) is 4.68. The minimum Gasteiger partial charge on any atom is -0.373 e. The van der Waals surface area contributed by atoms with E-state index in [0.717, 1.165) is 35.6 Å². The number of pyridine rings is 1. The highest BCUT2D eigenvalue weighted by molar-refractivity contribution is 5.81. The molecule has 1 fully saturated rings. The normalized spacial score (nSPS) is 16.8. The molecule has 0 radical (unpaired) electrons. The highest BCUT2D eigenvalue weighted by Crippen LogP contribution is 2.24. The second-order valence-corrected chi connectivity index (χ2v) is 7.41. The maximum atomic E-state index is 4.46. The first-order valence-corrected chi connectivity index (χ1v) is 9.57. The Bertz CT molecular complexity index is 635. The van der Waals surface area contributed by atoms with Gasteiger partial charge in [0.1, 0.15) is 5.82 Å². The molecule has 0 amide bonds. The average Bonchev–Trinajstić information content (AvgIpc) is 2.63. The van der Waals surface area contributed by atoms with E-state index in [9.17, 15) is 0 Å². The van der Waals surface area contributed by atoms with E-state index in [1.807, 2.05) is 19.3 Å². The van der Waals surface area contributed by atoms with Crippen molar-refractivity contribution in [3.8, 4) is 0 Å². The molecule has 0 bridgehead atoms. The zero-order valence-electron chi connectivity index (χ0n) is 16.9. The quantitative estimate of drug-likeness (QED) is 0.714. The maximum absolute atomic E-state index is 4.46. The van der Waals surface area contributed by atoms with Crippen molar-refractivity contribution < 1.29 is 0 Å². The summed E-state index contributed by atoms with van der Waals surface area (Å²) in [4.78, 5) is 9.18. The van der Waals surface area contributed by atoms with Crippen LogP contribution in [0, 0.1) is 0 Å². The molecular formula is C22H34N4. The Labute approximate surface area is 159 Å². The summed E-state index contributed by atoms with van der Waals surface area (Å²) in [6.07, 6.45) is 10.4. The van der Waals surface area contributed by atoms with Gasteiger partial charge in [-0.1, -0.05) is 30.7 Å². The average molecular weight is 355 g/mol. The first-order chi connectivity index (χ1) is 12.5. The number of anilines is 1. The van der Waals surface area contributed by atoms with Gasteiger partial charge in [-0.3, -0.25) is 4.90 Å². The van der Waals surface area contributed by atoms with Gasteiger partial charge in [-0.2, -0.15) is 0 Å². The number of hydrogen-bond acceptors (Lipinski definition) is 4. The van der Waals surface area contributed by atoms with Crippen LogP contribution in [0.2, 0.25) is 0 Å². The molecule has 0 atom stereocenters. The Morgan fingerprint density at radius 1 is 1.27 bits per heavy atom. The van der Waals surface area contributed by atoms with Crippen LogP contribution in [0.25, 0.3) is 5.57 Å². The number of hydrogen-bond donors (Lipinski definition) is 1. The minimum atomic E-state index is 0.876. The van der Waals surface area contributed by atoms with Gasteiger partial charge in [0.05, 0.1) is 0 Å². The van der Waals surface area contributed by atoms with Gasteiger partial charge in [0.25, 0.3) is 0 Å². The standard InChI is InChI=1S/C22H34N4/c1-18(17-26-12-7-6-8-13-26)15-19(2)21(11-14-25(4)5)20-9-10-22(23-3)24-16-20/h9-11,15-16H,2,6-8,12-14,17H2,1,3-5H3,(H,23,24)/b18-15+,21-11+. The second-order valence-electron chi connectivity index (χ2n) is 7.41. The summed E-state index contributed by atoms with van der Waals surface area (Å²) >= 11 is 0. The lowest BCUT2D eigenvalue weighted by Crippen LogP contribution is -2.31. The van der Waals surface area contributed by atoms with Crippen LogP contribution in [0.1, 0.15) is 31.7 Å². The molecule has 0 spiro atoms. The first-order valence-electron chi connectivity index (χ1n) is 9.57. The molecule has 1 aliphatic heterocycles. The number of allylic oxidation sites excluding steroid dienone is 3. The van der Waals surface area contributed by atoms with Gasteiger partial charge in [0.15, 0.2) is 0 Å². The monoisotopic (exact) mass is 354 g/mol. The molecule has 4 heteroatoms. The van der Waals surface area contributed by atoms with Crippen molar-refractivity contribution in [3.63, 3.8) is 0 Å². The number of nitrogens with zero attached hydrogens (tertiary/aromatic N) is 3. The van der Waals surface area contributed by atoms with Crippen molar-refractivity contribution in [1.29, 1.82) is 0 Å². The summed E-state index contributed by atoms with van der Waals surface area (Å²) < 4.78 is 0. The Hall–Kier alpha value is -1.91. The molecule has 1 aromatic rings. The lowest BCUT2D eigenvalue weighted by molar-refractivity contribution is 0.246. The molecule has 2 heterocycles. The third kappa shape index (κ3) is 6.43. The number of nitrogens with one attached hydrogen (secondary N) is 1. The van der Waals surface area contributed by atoms with Gasteiger partial charge in [0, 0.05) is 31.9 Å². The van der Waals surface area contributed by atoms with Crippen molar-refractivity contribution >= 4 is 11.4 Å². The summed E-state index contributed by atoms with van der Waals surface area (Å²) in [5, 5.41) is 3.07. The van der Waals surface area contributed by atoms with E-state index in [4.69, 9.17) is 0 Å². The molecule has 2 rings (SSSR count). The van der Waals surface area contributed by atoms with Crippen LogP contribution in [0.4, 0.5) is 5.82 Å². The number of likely N-dealkylation sites (N-methyl/N-ethyl adjacent to an activating group) is 1. The van der Waals surface area contributed by atoms with E-state index in [2.05, 4.69) is 65.9 Å². The van der Waals surface area contributed by atoms with Crippen LogP contribution in [0.3, 0.4) is 0 Å².